The number of carbonyl (C=O) groups excluding carboxylic acids is 2. The van der Waals surface area contributed by atoms with E-state index in [0.29, 0.717) is 6.54 Å². The van der Waals surface area contributed by atoms with Gasteiger partial charge in [0.15, 0.2) is 0 Å². The minimum atomic E-state index is -1.14. The van der Waals surface area contributed by atoms with E-state index in [9.17, 15) is 14.7 Å². The van der Waals surface area contributed by atoms with Gasteiger partial charge in [0.1, 0.15) is 0 Å². The molecule has 1 unspecified atom stereocenters. The van der Waals surface area contributed by atoms with Gasteiger partial charge in [-0.15, -0.1) is 0 Å². The number of unbranched alkanes of at least 4 members (excludes halogenated alkanes) is 11. The van der Waals surface area contributed by atoms with Crippen molar-refractivity contribution in [3.63, 3.8) is 0 Å². The van der Waals surface area contributed by atoms with Crippen molar-refractivity contribution in [3.05, 3.63) is 0 Å². The minimum absolute atomic E-state index is 0.165. The van der Waals surface area contributed by atoms with Crippen LogP contribution in [0.5, 0.6) is 0 Å². The van der Waals surface area contributed by atoms with Crippen LogP contribution >= 0.6 is 0 Å². The van der Waals surface area contributed by atoms with Crippen molar-refractivity contribution in [1.82, 2.24) is 10.3 Å². The first kappa shape index (κ1) is 26.7. The second kappa shape index (κ2) is 15.6. The lowest BCUT2D eigenvalue weighted by Gasteiger charge is -2.40. The van der Waals surface area contributed by atoms with E-state index < -0.39 is 12.0 Å². The summed E-state index contributed by atoms with van der Waals surface area (Å²) in [7, 11) is 5.57. The highest BCUT2D eigenvalue weighted by atomic mass is 16.4. The zero-order valence-electron chi connectivity index (χ0n) is 19.1. The van der Waals surface area contributed by atoms with Gasteiger partial charge in [-0.2, -0.15) is 5.01 Å². The van der Waals surface area contributed by atoms with Crippen LogP contribution in [0.25, 0.3) is 0 Å². The number of aliphatic carboxylic acids is 1. The number of nitrogens with one attached hydrogen (secondary N) is 1. The molecule has 0 bridgehead atoms. The Balaban J connectivity index is 3.82. The second-order valence-corrected chi connectivity index (χ2v) is 8.83. The molecule has 0 aromatic heterocycles. The first-order valence-corrected chi connectivity index (χ1v) is 11.3. The lowest BCUT2D eigenvalue weighted by molar-refractivity contribution is -0.977. The number of hydrogen-bond donors (Lipinski definition) is 1. The second-order valence-electron chi connectivity index (χ2n) is 8.83. The van der Waals surface area contributed by atoms with Crippen molar-refractivity contribution in [1.29, 1.82) is 0 Å². The summed E-state index contributed by atoms with van der Waals surface area (Å²) in [5, 5.41) is 15.4. The molecule has 0 aliphatic carbocycles. The third-order valence-corrected chi connectivity index (χ3v) is 5.04. The number of carboxylic acids is 1. The Bertz CT molecular complexity index is 422. The van der Waals surface area contributed by atoms with Gasteiger partial charge in [-0.25, -0.2) is 9.39 Å². The van der Waals surface area contributed by atoms with Crippen molar-refractivity contribution in [2.75, 3.05) is 27.7 Å². The molecule has 28 heavy (non-hydrogen) atoms. The molecule has 0 rings (SSSR count). The maximum Gasteiger partial charge on any atom is 0.361 e. The molecular formula is C22H45N3O3. The lowest BCUT2D eigenvalue weighted by atomic mass is 10.1. The van der Waals surface area contributed by atoms with Gasteiger partial charge in [-0.3, -0.25) is 0 Å². The van der Waals surface area contributed by atoms with Crippen LogP contribution in [-0.2, 0) is 4.79 Å². The molecule has 0 aromatic carbocycles. The Kier molecular flexibility index (Phi) is 14.9. The summed E-state index contributed by atoms with van der Waals surface area (Å²) in [5.74, 6) is -1.14. The molecule has 0 radical (unpaired) electrons. The number of nitrogens with zero attached hydrogens (tertiary/aromatic N) is 2. The lowest BCUT2D eigenvalue weighted by Crippen LogP contribution is -2.61. The molecule has 2 amide bonds. The third kappa shape index (κ3) is 13.8. The van der Waals surface area contributed by atoms with Gasteiger partial charge in [-0.1, -0.05) is 77.6 Å². The topological polar surface area (TPSA) is 72.5 Å². The molecule has 166 valence electrons. The van der Waals surface area contributed by atoms with E-state index in [1.54, 1.807) is 11.9 Å². The first-order valence-electron chi connectivity index (χ1n) is 11.3. The largest absolute Gasteiger partial charge is 0.550 e. The molecule has 1 N–H and O–H groups in total. The number of quaternary nitrogens is 1. The maximum absolute atomic E-state index is 12.5. The SMILES string of the molecule is CCCCCCCCCCCCCCNC(=O)N(C(C)CC(=O)[O-])[N+](C)(C)C. The van der Waals surface area contributed by atoms with E-state index in [4.69, 9.17) is 0 Å². The zero-order chi connectivity index (χ0) is 21.4. The van der Waals surface area contributed by atoms with Gasteiger partial charge < -0.3 is 15.2 Å². The summed E-state index contributed by atoms with van der Waals surface area (Å²) in [5.41, 5.74) is 0. The average Bonchev–Trinajstić information content (AvgIpc) is 2.57. The summed E-state index contributed by atoms with van der Waals surface area (Å²) in [6.07, 6.45) is 15.3. The molecule has 6 nitrogen and oxygen atoms in total. The van der Waals surface area contributed by atoms with Gasteiger partial charge in [0.25, 0.3) is 0 Å². The quantitative estimate of drug-likeness (QED) is 0.229. The van der Waals surface area contributed by atoms with E-state index in [2.05, 4.69) is 12.2 Å². The van der Waals surface area contributed by atoms with Crippen molar-refractivity contribution >= 4 is 12.0 Å². The van der Waals surface area contributed by atoms with Crippen LogP contribution in [-0.4, -0.2) is 55.3 Å². The number of amides is 2. The highest BCUT2D eigenvalue weighted by Crippen LogP contribution is 2.13. The van der Waals surface area contributed by atoms with Crippen LogP contribution in [0.2, 0.25) is 0 Å². The summed E-state index contributed by atoms with van der Waals surface area (Å²) in [6.45, 7) is 4.62. The fraction of sp³-hybridized carbons (Fsp3) is 0.909. The van der Waals surface area contributed by atoms with E-state index >= 15 is 0 Å². The Labute approximate surface area is 173 Å². The van der Waals surface area contributed by atoms with Crippen molar-refractivity contribution < 1.29 is 19.3 Å². The van der Waals surface area contributed by atoms with E-state index in [1.165, 1.54) is 64.2 Å². The summed E-state index contributed by atoms with van der Waals surface area (Å²) in [6, 6.07) is -0.642. The van der Waals surface area contributed by atoms with Crippen LogP contribution in [0.15, 0.2) is 0 Å². The van der Waals surface area contributed by atoms with Gasteiger partial charge in [0.05, 0.1) is 27.2 Å². The fourth-order valence-electron chi connectivity index (χ4n) is 3.63. The highest BCUT2D eigenvalue weighted by Gasteiger charge is 2.31. The fourth-order valence-corrected chi connectivity index (χ4v) is 3.63. The van der Waals surface area contributed by atoms with Crippen LogP contribution in [0, 0.1) is 0 Å². The van der Waals surface area contributed by atoms with Crippen molar-refractivity contribution in [3.8, 4) is 0 Å². The predicted octanol–water partition coefficient (Wildman–Crippen LogP) is 3.85. The monoisotopic (exact) mass is 399 g/mol. The number of rotatable bonds is 17. The standard InChI is InChI=1S/C22H45N3O3/c1-6-7-8-9-10-11-12-13-14-15-16-17-18-23-22(28)24(25(3,4)5)20(2)19-21(26)27/h20H,6-19H2,1-5H3,(H-,23,26,27,28). The predicted molar refractivity (Wildman–Crippen MR) is 113 cm³/mol. The zero-order valence-corrected chi connectivity index (χ0v) is 19.1. The molecule has 1 atom stereocenters. The molecule has 0 aliphatic rings. The van der Waals surface area contributed by atoms with E-state index in [1.807, 2.05) is 21.1 Å². The highest BCUT2D eigenvalue weighted by molar-refractivity contribution is 5.74. The van der Waals surface area contributed by atoms with Crippen molar-refractivity contribution in [2.45, 2.75) is 103 Å². The number of carbonyl (C=O) groups is 2. The van der Waals surface area contributed by atoms with Crippen LogP contribution in [0.1, 0.15) is 97.3 Å². The molecule has 0 spiro atoms. The third-order valence-electron chi connectivity index (χ3n) is 5.04. The molecule has 0 heterocycles. The molecule has 6 heteroatoms. The normalized spacial score (nSPS) is 12.6. The first-order chi connectivity index (χ1) is 13.2. The van der Waals surface area contributed by atoms with E-state index in [-0.39, 0.29) is 17.0 Å². The van der Waals surface area contributed by atoms with Gasteiger partial charge in [0.2, 0.25) is 0 Å². The van der Waals surface area contributed by atoms with Crippen molar-refractivity contribution in [2.24, 2.45) is 0 Å². The summed E-state index contributed by atoms with van der Waals surface area (Å²) in [4.78, 5) is 23.4. The average molecular weight is 400 g/mol. The molecule has 0 saturated heterocycles. The van der Waals surface area contributed by atoms with Crippen LogP contribution in [0.4, 0.5) is 4.79 Å². The smallest absolute Gasteiger partial charge is 0.361 e. The molecule has 0 saturated carbocycles. The Morgan fingerprint density at radius 2 is 1.29 bits per heavy atom. The number of carboxylic acid groups (broad SMARTS) is 1. The van der Waals surface area contributed by atoms with E-state index in [0.717, 1.165) is 12.8 Å². The number of hydrogen-bond acceptors (Lipinski definition) is 3. The van der Waals surface area contributed by atoms with Gasteiger partial charge >= 0.3 is 6.03 Å². The van der Waals surface area contributed by atoms with Crippen LogP contribution < -0.4 is 10.4 Å². The van der Waals surface area contributed by atoms with Gasteiger partial charge in [0, 0.05) is 18.9 Å². The maximum atomic E-state index is 12.5. The summed E-state index contributed by atoms with van der Waals surface area (Å²) >= 11 is 0. The molecule has 0 fully saturated rings. The Morgan fingerprint density at radius 3 is 1.68 bits per heavy atom. The van der Waals surface area contributed by atoms with Gasteiger partial charge in [-0.05, 0) is 13.3 Å². The molecule has 0 aliphatic heterocycles. The molecular weight excluding hydrogens is 354 g/mol. The molecule has 0 aromatic rings. The summed E-state index contributed by atoms with van der Waals surface area (Å²) < 4.78 is 0.249. The Hall–Kier alpha value is -1.30. The Morgan fingerprint density at radius 1 is 0.857 bits per heavy atom. The number of urea groups is 1. The van der Waals surface area contributed by atoms with Crippen LogP contribution in [0.3, 0.4) is 0 Å². The minimum Gasteiger partial charge on any atom is -0.550 e.